The number of benzene rings is 2. The van der Waals surface area contributed by atoms with Gasteiger partial charge in [0.1, 0.15) is 0 Å². The van der Waals surface area contributed by atoms with E-state index in [0.717, 1.165) is 51.8 Å². The summed E-state index contributed by atoms with van der Waals surface area (Å²) in [5.41, 5.74) is 5.89. The van der Waals surface area contributed by atoms with E-state index in [-0.39, 0.29) is 17.9 Å². The molecule has 2 heterocycles. The molecule has 0 atom stereocenters. The Bertz CT molecular complexity index is 1150. The maximum absolute atomic E-state index is 13.1. The lowest BCUT2D eigenvalue weighted by Gasteiger charge is -2.28. The quantitative estimate of drug-likeness (QED) is 0.693. The lowest BCUT2D eigenvalue weighted by molar-refractivity contribution is -0.122. The van der Waals surface area contributed by atoms with E-state index in [1.807, 2.05) is 49.1 Å². The van der Waals surface area contributed by atoms with Crippen LogP contribution >= 0.6 is 11.6 Å². The van der Waals surface area contributed by atoms with Gasteiger partial charge >= 0.3 is 0 Å². The van der Waals surface area contributed by atoms with Crippen molar-refractivity contribution in [3.8, 4) is 0 Å². The van der Waals surface area contributed by atoms with Gasteiger partial charge in [-0.1, -0.05) is 29.8 Å². The molecule has 150 valence electrons. The molecule has 3 aromatic rings. The number of hydrogen-bond donors (Lipinski definition) is 2. The molecule has 5 nitrogen and oxygen atoms in total. The van der Waals surface area contributed by atoms with Crippen molar-refractivity contribution < 1.29 is 4.79 Å². The number of rotatable bonds is 4. The average molecular weight is 410 g/mol. The van der Waals surface area contributed by atoms with Crippen molar-refractivity contribution in [1.29, 1.82) is 0 Å². The number of halogens is 1. The van der Waals surface area contributed by atoms with Crippen LogP contribution < -0.4 is 10.7 Å². The van der Waals surface area contributed by atoms with Gasteiger partial charge in [-0.25, -0.2) is 0 Å². The highest BCUT2D eigenvalue weighted by molar-refractivity contribution is 6.30. The number of aromatic nitrogens is 1. The number of nitrogens with one attached hydrogen (secondary N) is 2. The fraction of sp³-hybridized carbons (Fsp3) is 0.304. The van der Waals surface area contributed by atoms with Gasteiger partial charge in [-0.2, -0.15) is 0 Å². The highest BCUT2D eigenvalue weighted by atomic mass is 35.5. The Hall–Kier alpha value is -2.63. The Balaban J connectivity index is 1.47. The second-order valence-corrected chi connectivity index (χ2v) is 8.22. The lowest BCUT2D eigenvalue weighted by Crippen LogP contribution is -2.41. The Labute approximate surface area is 174 Å². The first kappa shape index (κ1) is 19.7. The molecule has 0 bridgehead atoms. The van der Waals surface area contributed by atoms with Crippen molar-refractivity contribution in [2.24, 2.45) is 0 Å². The summed E-state index contributed by atoms with van der Waals surface area (Å²) in [5.74, 6) is -0.0580. The number of nitrogens with zero attached hydrogens (tertiary/aromatic N) is 1. The molecule has 0 fully saturated rings. The SMILES string of the molecule is Cc1cc(C)c2[nH]c3c(c(=O)c2c1)CN(CC(=O)NCc1cccc(Cl)c1)CC3. The van der Waals surface area contributed by atoms with Crippen molar-refractivity contribution in [2.45, 2.75) is 33.4 Å². The second-order valence-electron chi connectivity index (χ2n) is 7.78. The fourth-order valence-electron chi connectivity index (χ4n) is 4.03. The molecule has 0 aliphatic carbocycles. The van der Waals surface area contributed by atoms with Gasteiger partial charge in [0.25, 0.3) is 0 Å². The molecular formula is C23H24ClN3O2. The van der Waals surface area contributed by atoms with Gasteiger partial charge in [0.15, 0.2) is 5.43 Å². The van der Waals surface area contributed by atoms with E-state index in [2.05, 4.69) is 16.4 Å². The van der Waals surface area contributed by atoms with E-state index in [4.69, 9.17) is 11.6 Å². The molecule has 1 aliphatic rings. The topological polar surface area (TPSA) is 65.2 Å². The van der Waals surface area contributed by atoms with E-state index in [1.54, 1.807) is 0 Å². The summed E-state index contributed by atoms with van der Waals surface area (Å²) in [6, 6.07) is 11.5. The summed E-state index contributed by atoms with van der Waals surface area (Å²) in [7, 11) is 0. The predicted molar refractivity (Wildman–Crippen MR) is 116 cm³/mol. The van der Waals surface area contributed by atoms with Crippen molar-refractivity contribution >= 4 is 28.4 Å². The molecule has 2 N–H and O–H groups in total. The zero-order chi connectivity index (χ0) is 20.5. The number of amides is 1. The summed E-state index contributed by atoms with van der Waals surface area (Å²) in [4.78, 5) is 31.0. The Kier molecular flexibility index (Phi) is 5.43. The van der Waals surface area contributed by atoms with Crippen molar-refractivity contribution in [1.82, 2.24) is 15.2 Å². The highest BCUT2D eigenvalue weighted by Crippen LogP contribution is 2.21. The Morgan fingerprint density at radius 1 is 1.24 bits per heavy atom. The number of carbonyl (C=O) groups excluding carboxylic acids is 1. The molecule has 29 heavy (non-hydrogen) atoms. The maximum atomic E-state index is 13.1. The number of aryl methyl sites for hydroxylation is 2. The van der Waals surface area contributed by atoms with Gasteiger partial charge in [0.05, 0.1) is 12.1 Å². The predicted octanol–water partition coefficient (Wildman–Crippen LogP) is 3.47. The first-order valence-corrected chi connectivity index (χ1v) is 10.2. The number of H-pyrrole nitrogens is 1. The third-order valence-electron chi connectivity index (χ3n) is 5.44. The second kappa shape index (κ2) is 8.01. The molecule has 4 rings (SSSR count). The zero-order valence-electron chi connectivity index (χ0n) is 16.6. The third-order valence-corrected chi connectivity index (χ3v) is 5.68. The van der Waals surface area contributed by atoms with Gasteiger partial charge in [-0.3, -0.25) is 14.5 Å². The minimum atomic E-state index is -0.0580. The summed E-state index contributed by atoms with van der Waals surface area (Å²) in [6.07, 6.45) is 0.732. The highest BCUT2D eigenvalue weighted by Gasteiger charge is 2.23. The van der Waals surface area contributed by atoms with E-state index in [1.165, 1.54) is 0 Å². The van der Waals surface area contributed by atoms with Crippen molar-refractivity contribution in [3.05, 3.63) is 79.6 Å². The van der Waals surface area contributed by atoms with Crippen LogP contribution in [0.4, 0.5) is 0 Å². The smallest absolute Gasteiger partial charge is 0.234 e. The molecule has 6 heteroatoms. The van der Waals surface area contributed by atoms with E-state index >= 15 is 0 Å². The number of carbonyl (C=O) groups is 1. The molecule has 0 saturated heterocycles. The lowest BCUT2D eigenvalue weighted by atomic mass is 9.99. The van der Waals surface area contributed by atoms with Gasteiger partial charge in [-0.05, 0) is 48.7 Å². The normalized spacial score (nSPS) is 14.0. The van der Waals surface area contributed by atoms with Crippen molar-refractivity contribution in [2.75, 3.05) is 13.1 Å². The molecule has 0 spiro atoms. The van der Waals surface area contributed by atoms with E-state index in [9.17, 15) is 9.59 Å². The summed E-state index contributed by atoms with van der Waals surface area (Å²) >= 11 is 5.99. The number of pyridine rings is 1. The number of fused-ring (bicyclic) bond motifs is 2. The van der Waals surface area contributed by atoms with Crippen LogP contribution in [0.5, 0.6) is 0 Å². The first-order chi connectivity index (χ1) is 13.9. The number of hydrogen-bond acceptors (Lipinski definition) is 3. The minimum Gasteiger partial charge on any atom is -0.358 e. The molecule has 0 unspecified atom stereocenters. The molecule has 1 aromatic heterocycles. The molecule has 0 saturated carbocycles. The first-order valence-electron chi connectivity index (χ1n) is 9.79. The number of aromatic amines is 1. The largest absolute Gasteiger partial charge is 0.358 e. The molecule has 1 aliphatic heterocycles. The van der Waals surface area contributed by atoms with Crippen molar-refractivity contribution in [3.63, 3.8) is 0 Å². The molecule has 1 amide bonds. The van der Waals surface area contributed by atoms with E-state index in [0.29, 0.717) is 18.1 Å². The van der Waals surface area contributed by atoms with E-state index < -0.39 is 0 Å². The molecular weight excluding hydrogens is 386 g/mol. The van der Waals surface area contributed by atoms with Crippen LogP contribution in [0.2, 0.25) is 5.02 Å². The molecule has 0 radical (unpaired) electrons. The standard InChI is InChI=1S/C23H24ClN3O2/c1-14-8-15(2)22-18(9-14)23(29)19-12-27(7-6-20(19)26-22)13-21(28)25-11-16-4-3-5-17(24)10-16/h3-5,8-10H,6-7,11-13H2,1-2H3,(H,25,28)(H,26,29). The molecule has 2 aromatic carbocycles. The Morgan fingerprint density at radius 2 is 2.07 bits per heavy atom. The minimum absolute atomic E-state index is 0.0580. The van der Waals surface area contributed by atoms with Crippen LogP contribution in [-0.4, -0.2) is 28.9 Å². The van der Waals surface area contributed by atoms with Crippen LogP contribution in [0.1, 0.15) is 27.9 Å². The summed E-state index contributed by atoms with van der Waals surface area (Å²) in [6.45, 7) is 5.96. The summed E-state index contributed by atoms with van der Waals surface area (Å²) in [5, 5.41) is 4.32. The van der Waals surface area contributed by atoms with Crippen LogP contribution in [0.25, 0.3) is 10.9 Å². The Morgan fingerprint density at radius 3 is 2.86 bits per heavy atom. The van der Waals surface area contributed by atoms with Crippen LogP contribution in [0, 0.1) is 13.8 Å². The average Bonchev–Trinajstić information content (AvgIpc) is 2.68. The third kappa shape index (κ3) is 4.21. The van der Waals surface area contributed by atoms with Gasteiger partial charge in [-0.15, -0.1) is 0 Å². The van der Waals surface area contributed by atoms with Crippen LogP contribution in [0.15, 0.2) is 41.2 Å². The van der Waals surface area contributed by atoms with Crippen LogP contribution in [0.3, 0.4) is 0 Å². The van der Waals surface area contributed by atoms with Gasteiger partial charge in [0.2, 0.25) is 5.91 Å². The maximum Gasteiger partial charge on any atom is 0.234 e. The van der Waals surface area contributed by atoms with Crippen LogP contribution in [-0.2, 0) is 24.3 Å². The fourth-order valence-corrected chi connectivity index (χ4v) is 4.25. The van der Waals surface area contributed by atoms with Gasteiger partial charge in [0, 0.05) is 47.7 Å². The van der Waals surface area contributed by atoms with Gasteiger partial charge < -0.3 is 10.3 Å². The monoisotopic (exact) mass is 409 g/mol. The summed E-state index contributed by atoms with van der Waals surface area (Å²) < 4.78 is 0. The zero-order valence-corrected chi connectivity index (χ0v) is 17.4.